The molecule has 2 aromatic heterocycles. The van der Waals surface area contributed by atoms with E-state index < -0.39 is 0 Å². The number of nitrogens with zero attached hydrogens (tertiary/aromatic N) is 2. The molecule has 4 nitrogen and oxygen atoms in total. The van der Waals surface area contributed by atoms with Crippen molar-refractivity contribution in [1.82, 2.24) is 9.38 Å². The summed E-state index contributed by atoms with van der Waals surface area (Å²) in [5.41, 5.74) is 4.55. The van der Waals surface area contributed by atoms with Gasteiger partial charge in [0.1, 0.15) is 5.69 Å². The summed E-state index contributed by atoms with van der Waals surface area (Å²) in [5, 5.41) is 4.81. The standard InChI is InChI=1S/C21H19N3OS/c1-14(2)15-8-10-17(11-9-15)22-20(25)19-13-26-21-23-18(12-24(19)21)16-6-4-3-5-7-16/h3-14H,1-2H3,(H,22,25). The number of thiazole rings is 1. The minimum absolute atomic E-state index is 0.134. The van der Waals surface area contributed by atoms with Crippen molar-refractivity contribution in [1.29, 1.82) is 0 Å². The maximum absolute atomic E-state index is 12.7. The fourth-order valence-corrected chi connectivity index (χ4v) is 3.70. The Kier molecular flexibility index (Phi) is 4.31. The van der Waals surface area contributed by atoms with Gasteiger partial charge in [-0.1, -0.05) is 56.3 Å². The second kappa shape index (κ2) is 6.77. The molecule has 4 rings (SSSR count). The average molecular weight is 361 g/mol. The molecule has 0 bridgehead atoms. The molecule has 0 aliphatic carbocycles. The first-order valence-corrected chi connectivity index (χ1v) is 9.43. The second-order valence-electron chi connectivity index (χ2n) is 6.50. The highest BCUT2D eigenvalue weighted by Gasteiger charge is 2.15. The van der Waals surface area contributed by atoms with E-state index in [2.05, 4.69) is 24.1 Å². The molecule has 26 heavy (non-hydrogen) atoms. The van der Waals surface area contributed by atoms with E-state index >= 15 is 0 Å². The lowest BCUT2D eigenvalue weighted by Crippen LogP contribution is -2.13. The van der Waals surface area contributed by atoms with Crippen LogP contribution in [0.2, 0.25) is 0 Å². The van der Waals surface area contributed by atoms with Crippen molar-refractivity contribution in [2.24, 2.45) is 0 Å². The van der Waals surface area contributed by atoms with Gasteiger partial charge in [0.25, 0.3) is 5.91 Å². The number of nitrogens with one attached hydrogen (secondary N) is 1. The molecule has 0 atom stereocenters. The van der Waals surface area contributed by atoms with Crippen LogP contribution in [0.1, 0.15) is 35.8 Å². The predicted molar refractivity (Wildman–Crippen MR) is 107 cm³/mol. The largest absolute Gasteiger partial charge is 0.321 e. The molecule has 4 aromatic rings. The molecule has 0 saturated heterocycles. The lowest BCUT2D eigenvalue weighted by molar-refractivity contribution is 0.102. The third-order valence-corrected chi connectivity index (χ3v) is 5.19. The number of hydrogen-bond acceptors (Lipinski definition) is 3. The Balaban J connectivity index is 1.60. The number of benzene rings is 2. The smallest absolute Gasteiger partial charge is 0.273 e. The van der Waals surface area contributed by atoms with Crippen LogP contribution in [0.25, 0.3) is 16.2 Å². The number of hydrogen-bond donors (Lipinski definition) is 1. The zero-order chi connectivity index (χ0) is 18.1. The molecule has 2 heterocycles. The maximum atomic E-state index is 12.7. The molecule has 1 N–H and O–H groups in total. The molecule has 1 amide bonds. The highest BCUT2D eigenvalue weighted by Crippen LogP contribution is 2.24. The molecule has 130 valence electrons. The van der Waals surface area contributed by atoms with E-state index in [0.29, 0.717) is 11.6 Å². The number of aromatic nitrogens is 2. The maximum Gasteiger partial charge on any atom is 0.273 e. The molecular weight excluding hydrogens is 342 g/mol. The third kappa shape index (κ3) is 3.13. The molecule has 0 fully saturated rings. The monoisotopic (exact) mass is 361 g/mol. The first-order valence-electron chi connectivity index (χ1n) is 8.55. The van der Waals surface area contributed by atoms with E-state index in [1.165, 1.54) is 16.9 Å². The normalized spacial score (nSPS) is 11.2. The minimum atomic E-state index is -0.134. The number of carbonyl (C=O) groups excluding carboxylic acids is 1. The van der Waals surface area contributed by atoms with Crippen molar-refractivity contribution in [2.75, 3.05) is 5.32 Å². The molecule has 0 aliphatic rings. The van der Waals surface area contributed by atoms with E-state index in [1.807, 2.05) is 70.6 Å². The molecule has 0 saturated carbocycles. The summed E-state index contributed by atoms with van der Waals surface area (Å²) in [4.78, 5) is 18.1. The first-order chi connectivity index (χ1) is 12.6. The minimum Gasteiger partial charge on any atom is -0.321 e. The average Bonchev–Trinajstić information content (AvgIpc) is 3.23. The Morgan fingerprint density at radius 2 is 1.81 bits per heavy atom. The highest BCUT2D eigenvalue weighted by atomic mass is 32.1. The number of amides is 1. The van der Waals surface area contributed by atoms with E-state index in [4.69, 9.17) is 0 Å². The van der Waals surface area contributed by atoms with Gasteiger partial charge in [-0.05, 0) is 23.6 Å². The molecule has 0 aliphatic heterocycles. The van der Waals surface area contributed by atoms with Crippen LogP contribution in [0, 0.1) is 0 Å². The van der Waals surface area contributed by atoms with Crippen LogP contribution in [0.3, 0.4) is 0 Å². The third-order valence-electron chi connectivity index (χ3n) is 4.35. The van der Waals surface area contributed by atoms with Gasteiger partial charge in [0.2, 0.25) is 0 Å². The van der Waals surface area contributed by atoms with Gasteiger partial charge >= 0.3 is 0 Å². The first kappa shape index (κ1) is 16.5. The van der Waals surface area contributed by atoms with Gasteiger partial charge in [-0.3, -0.25) is 9.20 Å². The van der Waals surface area contributed by atoms with E-state index in [9.17, 15) is 4.79 Å². The molecule has 2 aromatic carbocycles. The quantitative estimate of drug-likeness (QED) is 0.526. The van der Waals surface area contributed by atoms with Gasteiger partial charge in [-0.25, -0.2) is 4.98 Å². The summed E-state index contributed by atoms with van der Waals surface area (Å²) in [6.07, 6.45) is 1.91. The molecule has 0 unspecified atom stereocenters. The fraction of sp³-hybridized carbons (Fsp3) is 0.143. The van der Waals surface area contributed by atoms with Gasteiger partial charge in [-0.2, -0.15) is 0 Å². The van der Waals surface area contributed by atoms with Crippen molar-refractivity contribution in [3.8, 4) is 11.3 Å². The Morgan fingerprint density at radius 3 is 2.50 bits per heavy atom. The van der Waals surface area contributed by atoms with Crippen LogP contribution in [-0.2, 0) is 0 Å². The Morgan fingerprint density at radius 1 is 1.08 bits per heavy atom. The number of carbonyl (C=O) groups is 1. The zero-order valence-electron chi connectivity index (χ0n) is 14.6. The summed E-state index contributed by atoms with van der Waals surface area (Å²) in [5.74, 6) is 0.337. The van der Waals surface area contributed by atoms with Gasteiger partial charge in [-0.15, -0.1) is 11.3 Å². The van der Waals surface area contributed by atoms with E-state index in [-0.39, 0.29) is 5.91 Å². The summed E-state index contributed by atoms with van der Waals surface area (Å²) < 4.78 is 1.85. The fourth-order valence-electron chi connectivity index (χ4n) is 2.84. The summed E-state index contributed by atoms with van der Waals surface area (Å²) in [7, 11) is 0. The van der Waals surface area contributed by atoms with Crippen molar-refractivity contribution >= 4 is 27.9 Å². The lowest BCUT2D eigenvalue weighted by atomic mass is 10.0. The van der Waals surface area contributed by atoms with E-state index in [0.717, 1.165) is 21.9 Å². The molecule has 5 heteroatoms. The van der Waals surface area contributed by atoms with Gasteiger partial charge < -0.3 is 5.32 Å². The van der Waals surface area contributed by atoms with Crippen molar-refractivity contribution in [3.05, 3.63) is 77.4 Å². The van der Waals surface area contributed by atoms with Crippen LogP contribution in [-0.4, -0.2) is 15.3 Å². The summed E-state index contributed by atoms with van der Waals surface area (Å²) in [6, 6.07) is 18.0. The van der Waals surface area contributed by atoms with Crippen LogP contribution in [0.4, 0.5) is 5.69 Å². The summed E-state index contributed by atoms with van der Waals surface area (Å²) in [6.45, 7) is 4.30. The lowest BCUT2D eigenvalue weighted by Gasteiger charge is -2.08. The molecule has 0 radical (unpaired) electrons. The van der Waals surface area contributed by atoms with Gasteiger partial charge in [0, 0.05) is 22.8 Å². The zero-order valence-corrected chi connectivity index (χ0v) is 15.5. The van der Waals surface area contributed by atoms with Gasteiger partial charge in [0.15, 0.2) is 4.96 Å². The number of anilines is 1. The molecule has 0 spiro atoms. The number of imidazole rings is 1. The topological polar surface area (TPSA) is 46.4 Å². The van der Waals surface area contributed by atoms with Crippen LogP contribution < -0.4 is 5.32 Å². The van der Waals surface area contributed by atoms with Crippen LogP contribution >= 0.6 is 11.3 Å². The predicted octanol–water partition coefficient (Wildman–Crippen LogP) is 5.44. The van der Waals surface area contributed by atoms with E-state index in [1.54, 1.807) is 0 Å². The Bertz CT molecular complexity index is 1050. The summed E-state index contributed by atoms with van der Waals surface area (Å²) >= 11 is 1.47. The van der Waals surface area contributed by atoms with Crippen molar-refractivity contribution in [3.63, 3.8) is 0 Å². The highest BCUT2D eigenvalue weighted by molar-refractivity contribution is 7.15. The molecular formula is C21H19N3OS. The van der Waals surface area contributed by atoms with Crippen molar-refractivity contribution < 1.29 is 4.79 Å². The SMILES string of the molecule is CC(C)c1ccc(NC(=O)c2csc3nc(-c4ccccc4)cn23)cc1. The number of fused-ring (bicyclic) bond motifs is 1. The van der Waals surface area contributed by atoms with Crippen LogP contribution in [0.5, 0.6) is 0 Å². The van der Waals surface area contributed by atoms with Crippen molar-refractivity contribution in [2.45, 2.75) is 19.8 Å². The van der Waals surface area contributed by atoms with Crippen LogP contribution in [0.15, 0.2) is 66.2 Å². The van der Waals surface area contributed by atoms with Gasteiger partial charge in [0.05, 0.1) is 5.69 Å². The Hall–Kier alpha value is -2.92. The Labute approximate surface area is 156 Å². The second-order valence-corrected chi connectivity index (χ2v) is 7.33. The number of rotatable bonds is 4.